The smallest absolute Gasteiger partial charge is 0.363 e. The lowest BCUT2D eigenvalue weighted by Crippen LogP contribution is -2.06. The zero-order chi connectivity index (χ0) is 18.4. The van der Waals surface area contributed by atoms with E-state index in [4.69, 9.17) is 13.9 Å². The van der Waals surface area contributed by atoms with Gasteiger partial charge in [-0.25, -0.2) is 4.31 Å². The van der Waals surface area contributed by atoms with Crippen LogP contribution in [0, 0.1) is 0 Å². The number of hydrogen-bond acceptors (Lipinski definition) is 9. The van der Waals surface area contributed by atoms with Crippen LogP contribution in [0.3, 0.4) is 0 Å². The standard InChI is InChI=1S/C8H22O11P4.CH4/c1-15-5-22(12,13)19-23(14,6-16-2)18-8-21(4,11)17-7-20(3,9)10;/h5-8H2,1-4H3,(H,9,10)(H,12,13);1H4. The number of rotatable bonds is 12. The molecule has 0 aliphatic heterocycles. The molecule has 4 atom stereocenters. The Morgan fingerprint density at radius 1 is 0.792 bits per heavy atom. The van der Waals surface area contributed by atoms with Gasteiger partial charge in [-0.05, 0) is 0 Å². The molecule has 0 fully saturated rings. The molecule has 0 aromatic carbocycles. The van der Waals surface area contributed by atoms with Crippen LogP contribution >= 0.6 is 29.9 Å². The third-order valence-electron chi connectivity index (χ3n) is 1.89. The maximum atomic E-state index is 12.3. The van der Waals surface area contributed by atoms with E-state index >= 15 is 0 Å². The third-order valence-corrected chi connectivity index (χ3v) is 7.88. The first-order valence-corrected chi connectivity index (χ1v) is 14.0. The summed E-state index contributed by atoms with van der Waals surface area (Å²) in [6.45, 7) is 2.10. The Bertz CT molecular complexity index is 556. The largest absolute Gasteiger partial charge is 0.372 e. The van der Waals surface area contributed by atoms with Crippen LogP contribution in [0.5, 0.6) is 0 Å². The fourth-order valence-electron chi connectivity index (χ4n) is 1.08. The lowest BCUT2D eigenvalue weighted by molar-refractivity contribution is 0.184. The van der Waals surface area contributed by atoms with E-state index in [2.05, 4.69) is 13.8 Å². The van der Waals surface area contributed by atoms with Gasteiger partial charge in [0.1, 0.15) is 25.4 Å². The molecule has 0 bridgehead atoms. The molecule has 0 saturated carbocycles. The fraction of sp³-hybridized carbons (Fsp3) is 1.00. The van der Waals surface area contributed by atoms with Crippen LogP contribution in [-0.2, 0) is 41.1 Å². The highest BCUT2D eigenvalue weighted by Crippen LogP contribution is 2.64. The van der Waals surface area contributed by atoms with Crippen LogP contribution in [0.25, 0.3) is 0 Å². The highest BCUT2D eigenvalue weighted by atomic mass is 31.3. The topological polar surface area (TPSA) is 155 Å². The molecule has 0 amide bonds. The Labute approximate surface area is 141 Å². The van der Waals surface area contributed by atoms with Crippen molar-refractivity contribution < 1.29 is 50.9 Å². The summed E-state index contributed by atoms with van der Waals surface area (Å²) in [7, 11) is -13.4. The van der Waals surface area contributed by atoms with Gasteiger partial charge in [0, 0.05) is 27.5 Å². The van der Waals surface area contributed by atoms with Crippen molar-refractivity contribution in [3.8, 4) is 0 Å². The predicted octanol–water partition coefficient (Wildman–Crippen LogP) is 2.98. The van der Waals surface area contributed by atoms with Gasteiger partial charge in [0.25, 0.3) is 0 Å². The van der Waals surface area contributed by atoms with Gasteiger partial charge in [0.2, 0.25) is 14.7 Å². The molecule has 148 valence electrons. The first kappa shape index (κ1) is 26.9. The molecule has 0 aromatic rings. The van der Waals surface area contributed by atoms with Gasteiger partial charge in [-0.15, -0.1) is 0 Å². The van der Waals surface area contributed by atoms with Gasteiger partial charge in [0.05, 0.1) is 0 Å². The molecule has 24 heavy (non-hydrogen) atoms. The number of methoxy groups -OCH3 is 2. The lowest BCUT2D eigenvalue weighted by atomic mass is 11.5. The molecule has 0 saturated heterocycles. The summed E-state index contributed by atoms with van der Waals surface area (Å²) in [6, 6.07) is 0. The van der Waals surface area contributed by atoms with Crippen LogP contribution in [0.2, 0.25) is 0 Å². The van der Waals surface area contributed by atoms with Crippen molar-refractivity contribution in [1.29, 1.82) is 0 Å². The summed E-state index contributed by atoms with van der Waals surface area (Å²) >= 11 is 0. The van der Waals surface area contributed by atoms with Crippen LogP contribution in [-0.4, -0.2) is 62.7 Å². The second-order valence-corrected chi connectivity index (χ2v) is 13.6. The van der Waals surface area contributed by atoms with E-state index in [9.17, 15) is 23.2 Å². The average molecular weight is 434 g/mol. The minimum Gasteiger partial charge on any atom is -0.372 e. The predicted molar refractivity (Wildman–Crippen MR) is 90.2 cm³/mol. The van der Waals surface area contributed by atoms with E-state index in [1.54, 1.807) is 0 Å². The van der Waals surface area contributed by atoms with Crippen molar-refractivity contribution in [2.45, 2.75) is 7.43 Å². The van der Waals surface area contributed by atoms with Gasteiger partial charge in [-0.3, -0.25) is 22.8 Å². The van der Waals surface area contributed by atoms with Crippen LogP contribution < -0.4 is 0 Å². The summed E-state index contributed by atoms with van der Waals surface area (Å²) in [5, 5.41) is 0. The fourth-order valence-corrected chi connectivity index (χ4v) is 7.37. The summed E-state index contributed by atoms with van der Waals surface area (Å²) < 4.78 is 70.3. The minimum atomic E-state index is -4.37. The van der Waals surface area contributed by atoms with Crippen molar-refractivity contribution >= 4 is 29.9 Å². The highest BCUT2D eigenvalue weighted by molar-refractivity contribution is 7.67. The first-order valence-electron chi connectivity index (χ1n) is 5.99. The summed E-state index contributed by atoms with van der Waals surface area (Å²) in [5.41, 5.74) is 0. The Hall–Kier alpha value is 0.640. The van der Waals surface area contributed by atoms with Gasteiger partial charge in [-0.1, -0.05) is 7.43 Å². The van der Waals surface area contributed by atoms with Crippen molar-refractivity contribution in [3.05, 3.63) is 0 Å². The Kier molecular flexibility index (Phi) is 12.0. The third kappa shape index (κ3) is 12.9. The molecule has 2 N–H and O–H groups in total. The van der Waals surface area contributed by atoms with E-state index in [-0.39, 0.29) is 7.43 Å². The quantitative estimate of drug-likeness (QED) is 0.436. The molecule has 0 aliphatic rings. The minimum absolute atomic E-state index is 0. The molecule has 0 radical (unpaired) electrons. The molecule has 11 nitrogen and oxygen atoms in total. The monoisotopic (exact) mass is 434 g/mol. The molecule has 0 spiro atoms. The first-order chi connectivity index (χ1) is 10.2. The van der Waals surface area contributed by atoms with Crippen molar-refractivity contribution in [2.24, 2.45) is 0 Å². The van der Waals surface area contributed by atoms with E-state index in [0.29, 0.717) is 0 Å². The summed E-state index contributed by atoms with van der Waals surface area (Å²) in [5.74, 6) is 0. The average Bonchev–Trinajstić information content (AvgIpc) is 2.33. The van der Waals surface area contributed by atoms with E-state index in [1.807, 2.05) is 0 Å². The second-order valence-electron chi connectivity index (χ2n) is 4.75. The normalized spacial score (nSPS) is 21.6. The van der Waals surface area contributed by atoms with Gasteiger partial charge >= 0.3 is 15.2 Å². The van der Waals surface area contributed by atoms with E-state index < -0.39 is 55.3 Å². The Morgan fingerprint density at radius 2 is 1.29 bits per heavy atom. The van der Waals surface area contributed by atoms with Gasteiger partial charge in [0.15, 0.2) is 0 Å². The molecule has 0 aromatic heterocycles. The Morgan fingerprint density at radius 3 is 1.71 bits per heavy atom. The molecule has 15 heteroatoms. The maximum Gasteiger partial charge on any atom is 0.363 e. The molecule has 4 unspecified atom stereocenters. The molecule has 0 aliphatic carbocycles. The SMILES string of the molecule is C.COCP(=O)(O)OP(=O)(COC)OCP(C)(=O)OCP(C)(=O)O. The van der Waals surface area contributed by atoms with Crippen molar-refractivity contribution in [3.63, 3.8) is 0 Å². The maximum absolute atomic E-state index is 12.3. The summed E-state index contributed by atoms with van der Waals surface area (Å²) in [4.78, 5) is 18.5. The number of ether oxygens (including phenoxy) is 2. The van der Waals surface area contributed by atoms with Crippen LogP contribution in [0.15, 0.2) is 0 Å². The van der Waals surface area contributed by atoms with E-state index in [1.165, 1.54) is 0 Å². The zero-order valence-corrected chi connectivity index (χ0v) is 16.8. The molecular formula is C9H26O11P4. The summed E-state index contributed by atoms with van der Waals surface area (Å²) in [6.07, 6.45) is -2.84. The molecular weight excluding hydrogens is 408 g/mol. The zero-order valence-electron chi connectivity index (χ0n) is 13.2. The van der Waals surface area contributed by atoms with Gasteiger partial charge < -0.3 is 23.8 Å². The van der Waals surface area contributed by atoms with Crippen LogP contribution in [0.4, 0.5) is 0 Å². The lowest BCUT2D eigenvalue weighted by Gasteiger charge is -2.22. The molecule has 0 heterocycles. The van der Waals surface area contributed by atoms with Crippen LogP contribution in [0.1, 0.15) is 7.43 Å². The van der Waals surface area contributed by atoms with Crippen molar-refractivity contribution in [1.82, 2.24) is 0 Å². The molecule has 0 rings (SSSR count). The van der Waals surface area contributed by atoms with E-state index in [0.717, 1.165) is 27.5 Å². The highest BCUT2D eigenvalue weighted by Gasteiger charge is 2.37. The van der Waals surface area contributed by atoms with Crippen molar-refractivity contribution in [2.75, 3.05) is 52.9 Å². The van der Waals surface area contributed by atoms with Gasteiger partial charge in [-0.2, -0.15) is 0 Å². The number of hydrogen-bond donors (Lipinski definition) is 2. The Balaban J connectivity index is 0. The second kappa shape index (κ2) is 10.7.